The number of amides is 2. The van der Waals surface area contributed by atoms with E-state index in [4.69, 9.17) is 0 Å². The maximum atomic E-state index is 15.0. The van der Waals surface area contributed by atoms with Gasteiger partial charge in [0.25, 0.3) is 5.91 Å². The predicted molar refractivity (Wildman–Crippen MR) is 144 cm³/mol. The molecule has 1 N–H and O–H groups in total. The van der Waals surface area contributed by atoms with Crippen molar-refractivity contribution in [3.05, 3.63) is 59.2 Å². The molecule has 0 saturated carbocycles. The molecule has 2 amide bonds. The lowest BCUT2D eigenvalue weighted by Gasteiger charge is -2.43. The molecule has 1 aliphatic carbocycles. The number of aromatic nitrogens is 1. The maximum Gasteiger partial charge on any atom is 0.437 e. The van der Waals surface area contributed by atoms with Gasteiger partial charge in [0.1, 0.15) is 16.6 Å². The number of alkyl halides is 8. The van der Waals surface area contributed by atoms with Gasteiger partial charge in [-0.2, -0.15) is 26.3 Å². The molecule has 1 aromatic carbocycles. The summed E-state index contributed by atoms with van der Waals surface area (Å²) in [6, 6.07) is 0.783. The van der Waals surface area contributed by atoms with Gasteiger partial charge in [-0.05, 0) is 74.6 Å². The summed E-state index contributed by atoms with van der Waals surface area (Å²) in [4.78, 5) is 31.1. The minimum Gasteiger partial charge on any atom is -0.389 e. The van der Waals surface area contributed by atoms with Crippen LogP contribution in [0.4, 0.5) is 39.5 Å². The molecular formula is C29H28F9N3O5S. The molecule has 4 atom stereocenters. The molecule has 1 aromatic heterocycles. The van der Waals surface area contributed by atoms with E-state index in [1.54, 1.807) is 0 Å². The minimum atomic E-state index is -6.49. The first-order chi connectivity index (χ1) is 21.5. The Labute approximate surface area is 262 Å². The minimum absolute atomic E-state index is 0.216. The van der Waals surface area contributed by atoms with Gasteiger partial charge < -0.3 is 14.9 Å². The Morgan fingerprint density at radius 1 is 1.06 bits per heavy atom. The van der Waals surface area contributed by atoms with Crippen LogP contribution in [0.3, 0.4) is 0 Å². The number of hydrogen-bond acceptors (Lipinski definition) is 6. The molecule has 2 fully saturated rings. The largest absolute Gasteiger partial charge is 0.437 e. The number of aliphatic hydroxyl groups is 1. The van der Waals surface area contributed by atoms with Crippen LogP contribution in [0.25, 0.3) is 0 Å². The Bertz CT molecular complexity index is 1680. The van der Waals surface area contributed by atoms with Crippen LogP contribution in [0.2, 0.25) is 0 Å². The number of carbonyl (C=O) groups is 2. The number of pyridine rings is 1. The van der Waals surface area contributed by atoms with E-state index in [-0.39, 0.29) is 24.6 Å². The van der Waals surface area contributed by atoms with Gasteiger partial charge in [-0.3, -0.25) is 14.6 Å². The van der Waals surface area contributed by atoms with E-state index in [0.717, 1.165) is 34.1 Å². The number of carbonyl (C=O) groups excluding carboxylic acids is 2. The first-order valence-electron chi connectivity index (χ1n) is 14.3. The average Bonchev–Trinajstić information content (AvgIpc) is 3.49. The van der Waals surface area contributed by atoms with Crippen molar-refractivity contribution in [2.75, 3.05) is 13.1 Å². The topological polar surface area (TPSA) is 108 Å². The maximum absolute atomic E-state index is 15.0. The third-order valence-electron chi connectivity index (χ3n) is 8.99. The summed E-state index contributed by atoms with van der Waals surface area (Å²) < 4.78 is 151. The summed E-state index contributed by atoms with van der Waals surface area (Å²) in [7, 11) is -4.78. The highest BCUT2D eigenvalue weighted by Crippen LogP contribution is 2.56. The highest BCUT2D eigenvalue weighted by atomic mass is 32.2. The van der Waals surface area contributed by atoms with E-state index in [2.05, 4.69) is 4.98 Å². The number of halogens is 9. The molecule has 3 heterocycles. The van der Waals surface area contributed by atoms with Crippen LogP contribution >= 0.6 is 0 Å². The van der Waals surface area contributed by atoms with Gasteiger partial charge in [0, 0.05) is 25.7 Å². The van der Waals surface area contributed by atoms with Crippen LogP contribution in [0.1, 0.15) is 49.9 Å². The number of likely N-dealkylation sites (tertiary alicyclic amines) is 2. The van der Waals surface area contributed by atoms with E-state index in [1.807, 2.05) is 0 Å². The smallest absolute Gasteiger partial charge is 0.389 e. The number of β-amino-alcohol motifs (C(OH)–C–C–N with tert-alkyl or cyclic N) is 1. The molecule has 0 radical (unpaired) electrons. The van der Waals surface area contributed by atoms with Crippen molar-refractivity contribution in [1.29, 1.82) is 0 Å². The Hall–Kier alpha value is -3.41. The number of sulfone groups is 1. The number of benzene rings is 1. The highest BCUT2D eigenvalue weighted by molar-refractivity contribution is 7.92. The lowest BCUT2D eigenvalue weighted by atomic mass is 9.78. The van der Waals surface area contributed by atoms with Crippen LogP contribution in [-0.4, -0.2) is 89.4 Å². The van der Waals surface area contributed by atoms with E-state index in [0.29, 0.717) is 6.20 Å². The predicted octanol–water partition coefficient (Wildman–Crippen LogP) is 4.44. The summed E-state index contributed by atoms with van der Waals surface area (Å²) in [5, 5.41) is 10.3. The van der Waals surface area contributed by atoms with Crippen LogP contribution in [0.5, 0.6) is 0 Å². The van der Waals surface area contributed by atoms with Crippen molar-refractivity contribution in [2.24, 2.45) is 0 Å². The van der Waals surface area contributed by atoms with Gasteiger partial charge in [0.15, 0.2) is 16.0 Å². The summed E-state index contributed by atoms with van der Waals surface area (Å²) >= 11 is 0. The van der Waals surface area contributed by atoms with Crippen molar-refractivity contribution < 1.29 is 62.6 Å². The van der Waals surface area contributed by atoms with Crippen molar-refractivity contribution in [2.45, 2.75) is 91.1 Å². The molecule has 47 heavy (non-hydrogen) atoms. The van der Waals surface area contributed by atoms with Gasteiger partial charge in [0.2, 0.25) is 5.91 Å². The normalized spacial score (nSPS) is 25.6. The molecule has 2 aromatic rings. The Morgan fingerprint density at radius 2 is 1.66 bits per heavy atom. The molecule has 2 aliphatic heterocycles. The second-order valence-corrected chi connectivity index (χ2v) is 14.8. The van der Waals surface area contributed by atoms with Gasteiger partial charge in [-0.15, -0.1) is 0 Å². The lowest BCUT2D eigenvalue weighted by Crippen LogP contribution is -2.56. The number of rotatable bonds is 6. The average molecular weight is 702 g/mol. The van der Waals surface area contributed by atoms with Crippen LogP contribution in [0.15, 0.2) is 41.4 Å². The zero-order valence-electron chi connectivity index (χ0n) is 24.7. The zero-order chi connectivity index (χ0) is 35.1. The highest BCUT2D eigenvalue weighted by Gasteiger charge is 2.75. The molecule has 8 nitrogen and oxygen atoms in total. The molecule has 258 valence electrons. The van der Waals surface area contributed by atoms with E-state index in [9.17, 15) is 62.6 Å². The monoisotopic (exact) mass is 701 g/mol. The molecule has 2 saturated heterocycles. The molecule has 0 bridgehead atoms. The van der Waals surface area contributed by atoms with Gasteiger partial charge >= 0.3 is 18.0 Å². The number of hydrogen-bond donors (Lipinski definition) is 1. The van der Waals surface area contributed by atoms with Gasteiger partial charge in [-0.25, -0.2) is 21.6 Å². The van der Waals surface area contributed by atoms with E-state index in [1.165, 1.54) is 13.8 Å². The molecule has 2 unspecified atom stereocenters. The summed E-state index contributed by atoms with van der Waals surface area (Å²) in [6.45, 7) is 1.79. The third kappa shape index (κ3) is 5.34. The lowest BCUT2D eigenvalue weighted by molar-refractivity contribution is -0.350. The fourth-order valence-electron chi connectivity index (χ4n) is 6.91. The number of fused-ring (bicyclic) bond motifs is 3. The Kier molecular flexibility index (Phi) is 8.22. The van der Waals surface area contributed by atoms with Crippen molar-refractivity contribution in [3.8, 4) is 0 Å². The molecule has 0 spiro atoms. The van der Waals surface area contributed by atoms with Crippen LogP contribution in [-0.2, 0) is 36.3 Å². The summed E-state index contributed by atoms with van der Waals surface area (Å²) in [5.41, 5.74) is -10.3. The molecule has 3 aliphatic rings. The molecular weight excluding hydrogens is 673 g/mol. The first-order valence-corrected chi connectivity index (χ1v) is 15.8. The second-order valence-electron chi connectivity index (χ2n) is 12.6. The van der Waals surface area contributed by atoms with Crippen molar-refractivity contribution in [1.82, 2.24) is 14.8 Å². The SMILES string of the molecule is CC(C)(O)CN1C(=O)[C@H](F)C[C@H]1C(=O)N1CCC2(S(=O)(=O)c3ccc(F)cc3)c3cnc(C(F)(C(F)(F)F)C(F)(F)F)cc3CCC12. The summed E-state index contributed by atoms with van der Waals surface area (Å²) in [6.07, 6.45) is -16.6. The first kappa shape index (κ1) is 34.9. The fourth-order valence-corrected chi connectivity index (χ4v) is 9.27. The second kappa shape index (κ2) is 11.1. The van der Waals surface area contributed by atoms with Crippen LogP contribution < -0.4 is 0 Å². The quantitative estimate of drug-likeness (QED) is 0.353. The van der Waals surface area contributed by atoms with Crippen molar-refractivity contribution >= 4 is 21.7 Å². The standard InChI is InChI=1S/C29H28F9N3O5S/c1-25(2,44)14-41-20(12-19(31)23(41)42)24(43)40-10-9-26(47(45,46)17-6-4-16(30)5-7-17)18-13-39-21(11-15(18)3-8-22(26)40)27(32,28(33,34)35)29(36,37)38/h4-7,11,13,19-20,22,44H,3,8-10,12,14H2,1-2H3/t19-,20+,22?,26?/m1/s1. The van der Waals surface area contributed by atoms with Crippen molar-refractivity contribution in [3.63, 3.8) is 0 Å². The van der Waals surface area contributed by atoms with Gasteiger partial charge in [-0.1, -0.05) is 0 Å². The zero-order valence-corrected chi connectivity index (χ0v) is 25.5. The third-order valence-corrected chi connectivity index (χ3v) is 11.5. The Morgan fingerprint density at radius 3 is 2.21 bits per heavy atom. The fraction of sp³-hybridized carbons (Fsp3) is 0.552. The molecule has 5 rings (SSSR count). The number of nitrogens with zero attached hydrogens (tertiary/aromatic N) is 3. The Balaban J connectivity index is 1.66. The van der Waals surface area contributed by atoms with E-state index < -0.39 is 116 Å². The summed E-state index contributed by atoms with van der Waals surface area (Å²) in [5.74, 6) is -2.80. The van der Waals surface area contributed by atoms with E-state index >= 15 is 0 Å². The molecule has 18 heteroatoms. The van der Waals surface area contributed by atoms with Gasteiger partial charge in [0.05, 0.1) is 22.2 Å². The number of aryl methyl sites for hydroxylation is 1. The van der Waals surface area contributed by atoms with Crippen LogP contribution in [0, 0.1) is 5.82 Å².